The van der Waals surface area contributed by atoms with Crippen LogP contribution >= 0.6 is 0 Å². The molecule has 3 atom stereocenters. The van der Waals surface area contributed by atoms with Crippen molar-refractivity contribution >= 4 is 0 Å². The second-order valence-electron chi connectivity index (χ2n) is 4.67. The molecule has 0 bridgehead atoms. The average molecular weight is 198 g/mol. The minimum atomic E-state index is -0.113. The van der Waals surface area contributed by atoms with Crippen molar-refractivity contribution in [3.05, 3.63) is 0 Å². The van der Waals surface area contributed by atoms with Crippen LogP contribution in [0.5, 0.6) is 0 Å². The van der Waals surface area contributed by atoms with E-state index in [9.17, 15) is 5.11 Å². The van der Waals surface area contributed by atoms with Gasteiger partial charge in [-0.2, -0.15) is 0 Å². The largest absolute Gasteiger partial charge is 0.392 e. The average Bonchev–Trinajstić information content (AvgIpc) is 2.60. The molecule has 0 aromatic carbocycles. The molecular formula is C11H22N2O. The summed E-state index contributed by atoms with van der Waals surface area (Å²) in [5.41, 5.74) is 0. The van der Waals surface area contributed by atoms with Crippen LogP contribution in [0.1, 0.15) is 38.5 Å². The van der Waals surface area contributed by atoms with E-state index in [4.69, 9.17) is 0 Å². The summed E-state index contributed by atoms with van der Waals surface area (Å²) in [6, 6.07) is 0.940. The highest BCUT2D eigenvalue weighted by Crippen LogP contribution is 2.19. The molecule has 3 nitrogen and oxygen atoms in total. The molecule has 2 aliphatic rings. The summed E-state index contributed by atoms with van der Waals surface area (Å²) < 4.78 is 0. The Kier molecular flexibility index (Phi) is 3.79. The van der Waals surface area contributed by atoms with E-state index < -0.39 is 0 Å². The number of aliphatic hydroxyl groups is 1. The highest BCUT2D eigenvalue weighted by molar-refractivity contribution is 4.86. The third kappa shape index (κ3) is 2.69. The van der Waals surface area contributed by atoms with Crippen molar-refractivity contribution in [2.45, 2.75) is 56.7 Å². The topological polar surface area (TPSA) is 44.3 Å². The van der Waals surface area contributed by atoms with Gasteiger partial charge < -0.3 is 15.7 Å². The number of aliphatic hydroxyl groups excluding tert-OH is 1. The van der Waals surface area contributed by atoms with Crippen molar-refractivity contribution in [2.24, 2.45) is 0 Å². The number of nitrogens with one attached hydrogen (secondary N) is 2. The van der Waals surface area contributed by atoms with Crippen molar-refractivity contribution in [1.82, 2.24) is 10.6 Å². The lowest BCUT2D eigenvalue weighted by atomic mass is 10.0. The summed E-state index contributed by atoms with van der Waals surface area (Å²) in [6.45, 7) is 2.20. The van der Waals surface area contributed by atoms with Crippen LogP contribution in [0.2, 0.25) is 0 Å². The van der Waals surface area contributed by atoms with Gasteiger partial charge in [-0.05, 0) is 25.8 Å². The minimum absolute atomic E-state index is 0.113. The smallest absolute Gasteiger partial charge is 0.0693 e. The van der Waals surface area contributed by atoms with Crippen LogP contribution in [0.25, 0.3) is 0 Å². The SMILES string of the molecule is OC1CCCCCC1NC1CCNC1. The molecule has 0 amide bonds. The summed E-state index contributed by atoms with van der Waals surface area (Å²) >= 11 is 0. The zero-order valence-corrected chi connectivity index (χ0v) is 8.84. The van der Waals surface area contributed by atoms with Crippen LogP contribution in [-0.2, 0) is 0 Å². The van der Waals surface area contributed by atoms with Crippen LogP contribution in [0, 0.1) is 0 Å². The highest BCUT2D eigenvalue weighted by atomic mass is 16.3. The van der Waals surface area contributed by atoms with Gasteiger partial charge in [0.15, 0.2) is 0 Å². The predicted molar refractivity (Wildman–Crippen MR) is 57.3 cm³/mol. The number of hydrogen-bond acceptors (Lipinski definition) is 3. The minimum Gasteiger partial charge on any atom is -0.392 e. The Balaban J connectivity index is 1.81. The van der Waals surface area contributed by atoms with E-state index in [1.165, 1.54) is 25.7 Å². The standard InChI is InChI=1S/C11H22N2O/c14-11-5-3-1-2-4-10(11)13-9-6-7-12-8-9/h9-14H,1-8H2. The summed E-state index contributed by atoms with van der Waals surface area (Å²) in [4.78, 5) is 0. The molecule has 0 aromatic rings. The highest BCUT2D eigenvalue weighted by Gasteiger charge is 2.25. The van der Waals surface area contributed by atoms with E-state index in [1.54, 1.807) is 0 Å². The van der Waals surface area contributed by atoms with E-state index in [0.29, 0.717) is 12.1 Å². The maximum absolute atomic E-state index is 9.93. The molecule has 2 rings (SSSR count). The Labute approximate surface area is 86.3 Å². The summed E-state index contributed by atoms with van der Waals surface area (Å²) in [6.07, 6.45) is 6.99. The van der Waals surface area contributed by atoms with E-state index in [-0.39, 0.29) is 6.10 Å². The van der Waals surface area contributed by atoms with Crippen molar-refractivity contribution in [2.75, 3.05) is 13.1 Å². The molecule has 0 radical (unpaired) electrons. The Hall–Kier alpha value is -0.120. The predicted octanol–water partition coefficient (Wildman–Crippen LogP) is 0.631. The zero-order valence-electron chi connectivity index (χ0n) is 8.84. The van der Waals surface area contributed by atoms with Crippen molar-refractivity contribution in [3.8, 4) is 0 Å². The van der Waals surface area contributed by atoms with Gasteiger partial charge in [-0.1, -0.05) is 19.3 Å². The van der Waals surface area contributed by atoms with Gasteiger partial charge in [-0.3, -0.25) is 0 Å². The molecule has 14 heavy (non-hydrogen) atoms. The summed E-state index contributed by atoms with van der Waals surface area (Å²) in [5.74, 6) is 0. The van der Waals surface area contributed by atoms with Crippen LogP contribution in [-0.4, -0.2) is 36.4 Å². The molecule has 0 aromatic heterocycles. The molecule has 82 valence electrons. The second kappa shape index (κ2) is 5.10. The first-order valence-electron chi connectivity index (χ1n) is 6.01. The van der Waals surface area contributed by atoms with E-state index in [2.05, 4.69) is 10.6 Å². The maximum Gasteiger partial charge on any atom is 0.0693 e. The van der Waals surface area contributed by atoms with Gasteiger partial charge in [-0.15, -0.1) is 0 Å². The monoisotopic (exact) mass is 198 g/mol. The molecule has 1 saturated carbocycles. The fraction of sp³-hybridized carbons (Fsp3) is 1.00. The second-order valence-corrected chi connectivity index (χ2v) is 4.67. The quantitative estimate of drug-likeness (QED) is 0.570. The third-order valence-corrected chi connectivity index (χ3v) is 3.49. The first-order valence-corrected chi connectivity index (χ1v) is 6.01. The van der Waals surface area contributed by atoms with E-state index in [0.717, 1.165) is 25.9 Å². The van der Waals surface area contributed by atoms with Crippen molar-refractivity contribution in [3.63, 3.8) is 0 Å². The molecule has 3 N–H and O–H groups in total. The van der Waals surface area contributed by atoms with Gasteiger partial charge in [0.05, 0.1) is 6.10 Å². The van der Waals surface area contributed by atoms with Crippen molar-refractivity contribution < 1.29 is 5.11 Å². The number of hydrogen-bond donors (Lipinski definition) is 3. The van der Waals surface area contributed by atoms with Gasteiger partial charge in [0.1, 0.15) is 0 Å². The fourth-order valence-electron chi connectivity index (χ4n) is 2.58. The van der Waals surface area contributed by atoms with Gasteiger partial charge in [0.25, 0.3) is 0 Å². The molecular weight excluding hydrogens is 176 g/mol. The van der Waals surface area contributed by atoms with Crippen LogP contribution in [0.3, 0.4) is 0 Å². The van der Waals surface area contributed by atoms with Crippen LogP contribution in [0.4, 0.5) is 0 Å². The molecule has 1 aliphatic heterocycles. The molecule has 3 heteroatoms. The van der Waals surface area contributed by atoms with Gasteiger partial charge in [0, 0.05) is 18.6 Å². The first-order chi connectivity index (χ1) is 6.86. The molecule has 2 fully saturated rings. The maximum atomic E-state index is 9.93. The number of rotatable bonds is 2. The van der Waals surface area contributed by atoms with Gasteiger partial charge >= 0.3 is 0 Å². The Morgan fingerprint density at radius 2 is 1.93 bits per heavy atom. The first kappa shape index (κ1) is 10.4. The zero-order chi connectivity index (χ0) is 9.80. The summed E-state index contributed by atoms with van der Waals surface area (Å²) in [5, 5.41) is 16.9. The molecule has 1 heterocycles. The van der Waals surface area contributed by atoms with Gasteiger partial charge in [-0.25, -0.2) is 0 Å². The summed E-state index contributed by atoms with van der Waals surface area (Å²) in [7, 11) is 0. The lowest BCUT2D eigenvalue weighted by molar-refractivity contribution is 0.115. The fourth-order valence-corrected chi connectivity index (χ4v) is 2.58. The Morgan fingerprint density at radius 3 is 2.71 bits per heavy atom. The molecule has 1 aliphatic carbocycles. The molecule has 1 saturated heterocycles. The van der Waals surface area contributed by atoms with E-state index >= 15 is 0 Å². The van der Waals surface area contributed by atoms with E-state index in [1.807, 2.05) is 0 Å². The van der Waals surface area contributed by atoms with Gasteiger partial charge in [0.2, 0.25) is 0 Å². The lowest BCUT2D eigenvalue weighted by Gasteiger charge is -2.25. The third-order valence-electron chi connectivity index (χ3n) is 3.49. The van der Waals surface area contributed by atoms with Crippen LogP contribution < -0.4 is 10.6 Å². The Bertz CT molecular complexity index is 169. The lowest BCUT2D eigenvalue weighted by Crippen LogP contribution is -2.45. The molecule has 3 unspecified atom stereocenters. The van der Waals surface area contributed by atoms with Crippen molar-refractivity contribution in [1.29, 1.82) is 0 Å². The Morgan fingerprint density at radius 1 is 1.07 bits per heavy atom. The molecule has 0 spiro atoms. The normalized spacial score (nSPS) is 39.6. The van der Waals surface area contributed by atoms with Crippen LogP contribution in [0.15, 0.2) is 0 Å².